The standard InChI is InChI=1S/C12H14FN5O2/c1-7-15-10(18-20-7)12(2,3)17-11(19)16-9-5-4-8(13)6-14-9/h4-6H,1-3H3,(H2,14,16,17,19). The fraction of sp³-hybridized carbons (Fsp3) is 0.333. The Kier molecular flexibility index (Phi) is 3.64. The number of nitrogens with one attached hydrogen (secondary N) is 2. The molecule has 2 rings (SSSR count). The Balaban J connectivity index is 2.02. The molecule has 2 aromatic rings. The van der Waals surface area contributed by atoms with Gasteiger partial charge >= 0.3 is 6.03 Å². The Morgan fingerprint density at radius 1 is 1.40 bits per heavy atom. The molecular weight excluding hydrogens is 265 g/mol. The summed E-state index contributed by atoms with van der Waals surface area (Å²) in [5.41, 5.74) is -0.818. The molecule has 0 bridgehead atoms. The fourth-order valence-electron chi connectivity index (χ4n) is 1.49. The highest BCUT2D eigenvalue weighted by molar-refractivity contribution is 5.88. The Hall–Kier alpha value is -2.51. The van der Waals surface area contributed by atoms with Crippen LogP contribution in [0.2, 0.25) is 0 Å². The summed E-state index contributed by atoms with van der Waals surface area (Å²) in [4.78, 5) is 19.6. The van der Waals surface area contributed by atoms with Crippen LogP contribution in [-0.4, -0.2) is 21.2 Å². The van der Waals surface area contributed by atoms with Gasteiger partial charge in [-0.2, -0.15) is 4.98 Å². The molecule has 2 N–H and O–H groups in total. The number of urea groups is 1. The molecule has 0 spiro atoms. The van der Waals surface area contributed by atoms with Gasteiger partial charge in [-0.1, -0.05) is 5.16 Å². The van der Waals surface area contributed by atoms with Gasteiger partial charge in [-0.15, -0.1) is 0 Å². The van der Waals surface area contributed by atoms with E-state index in [0.29, 0.717) is 11.7 Å². The van der Waals surface area contributed by atoms with Gasteiger partial charge in [-0.3, -0.25) is 5.32 Å². The van der Waals surface area contributed by atoms with E-state index in [1.54, 1.807) is 20.8 Å². The second-order valence-electron chi connectivity index (χ2n) is 4.70. The van der Waals surface area contributed by atoms with Crippen molar-refractivity contribution in [2.24, 2.45) is 0 Å². The molecule has 0 atom stereocenters. The minimum Gasteiger partial charge on any atom is -0.340 e. The van der Waals surface area contributed by atoms with Crippen LogP contribution in [0.4, 0.5) is 15.0 Å². The zero-order valence-corrected chi connectivity index (χ0v) is 11.3. The number of anilines is 1. The number of hydrogen-bond donors (Lipinski definition) is 2. The zero-order chi connectivity index (χ0) is 14.8. The summed E-state index contributed by atoms with van der Waals surface area (Å²) >= 11 is 0. The van der Waals surface area contributed by atoms with Crippen molar-refractivity contribution in [3.8, 4) is 0 Å². The van der Waals surface area contributed by atoms with E-state index in [9.17, 15) is 9.18 Å². The van der Waals surface area contributed by atoms with Gasteiger partial charge in [-0.05, 0) is 26.0 Å². The van der Waals surface area contributed by atoms with Crippen molar-refractivity contribution in [1.82, 2.24) is 20.4 Å². The third-order valence-electron chi connectivity index (χ3n) is 2.48. The largest absolute Gasteiger partial charge is 0.340 e. The lowest BCUT2D eigenvalue weighted by Gasteiger charge is -2.22. The van der Waals surface area contributed by atoms with Crippen LogP contribution in [0, 0.1) is 12.7 Å². The zero-order valence-electron chi connectivity index (χ0n) is 11.3. The third kappa shape index (κ3) is 3.28. The van der Waals surface area contributed by atoms with Crippen molar-refractivity contribution >= 4 is 11.8 Å². The average Bonchev–Trinajstić information content (AvgIpc) is 2.79. The molecule has 7 nitrogen and oxygen atoms in total. The molecular formula is C12H14FN5O2. The first-order valence-electron chi connectivity index (χ1n) is 5.88. The molecule has 0 saturated heterocycles. The van der Waals surface area contributed by atoms with Gasteiger partial charge in [0.05, 0.1) is 11.7 Å². The molecule has 0 aliphatic carbocycles. The van der Waals surface area contributed by atoms with Crippen LogP contribution < -0.4 is 10.6 Å². The second kappa shape index (κ2) is 5.24. The number of aryl methyl sites for hydroxylation is 1. The van der Waals surface area contributed by atoms with Gasteiger partial charge in [0.25, 0.3) is 0 Å². The van der Waals surface area contributed by atoms with E-state index in [1.807, 2.05) is 0 Å². The van der Waals surface area contributed by atoms with Crippen LogP contribution >= 0.6 is 0 Å². The molecule has 2 heterocycles. The third-order valence-corrected chi connectivity index (χ3v) is 2.48. The molecule has 0 unspecified atom stereocenters. The van der Waals surface area contributed by atoms with Gasteiger partial charge in [-0.25, -0.2) is 14.2 Å². The highest BCUT2D eigenvalue weighted by Crippen LogP contribution is 2.16. The van der Waals surface area contributed by atoms with Gasteiger partial charge in [0.1, 0.15) is 11.6 Å². The monoisotopic (exact) mass is 279 g/mol. The Morgan fingerprint density at radius 3 is 2.70 bits per heavy atom. The number of halogens is 1. The van der Waals surface area contributed by atoms with Gasteiger partial charge in [0.15, 0.2) is 5.82 Å². The molecule has 2 aromatic heterocycles. The summed E-state index contributed by atoms with van der Waals surface area (Å²) in [7, 11) is 0. The van der Waals surface area contributed by atoms with Crippen LogP contribution in [0.5, 0.6) is 0 Å². The van der Waals surface area contributed by atoms with E-state index in [1.165, 1.54) is 12.1 Å². The minimum absolute atomic E-state index is 0.240. The summed E-state index contributed by atoms with van der Waals surface area (Å²) in [6.07, 6.45) is 1.02. The van der Waals surface area contributed by atoms with E-state index in [2.05, 4.69) is 25.8 Å². The van der Waals surface area contributed by atoms with E-state index < -0.39 is 17.4 Å². The Labute approximate surface area is 114 Å². The summed E-state index contributed by atoms with van der Waals surface area (Å²) in [5, 5.41) is 8.93. The first-order chi connectivity index (χ1) is 9.37. The van der Waals surface area contributed by atoms with Gasteiger partial charge in [0, 0.05) is 6.92 Å². The summed E-state index contributed by atoms with van der Waals surface area (Å²) in [6, 6.07) is 2.06. The molecule has 0 saturated carbocycles. The van der Waals surface area contributed by atoms with Crippen molar-refractivity contribution < 1.29 is 13.7 Å². The fourth-order valence-corrected chi connectivity index (χ4v) is 1.49. The van der Waals surface area contributed by atoms with Crippen molar-refractivity contribution in [3.63, 3.8) is 0 Å². The van der Waals surface area contributed by atoms with E-state index in [-0.39, 0.29) is 5.82 Å². The summed E-state index contributed by atoms with van der Waals surface area (Å²) < 4.78 is 17.6. The lowest BCUT2D eigenvalue weighted by molar-refractivity contribution is 0.239. The topological polar surface area (TPSA) is 92.9 Å². The smallest absolute Gasteiger partial charge is 0.321 e. The number of amides is 2. The van der Waals surface area contributed by atoms with Crippen molar-refractivity contribution in [2.45, 2.75) is 26.3 Å². The number of nitrogens with zero attached hydrogens (tertiary/aromatic N) is 3. The number of carbonyl (C=O) groups excluding carboxylic acids is 1. The predicted octanol–water partition coefficient (Wildman–Crippen LogP) is 1.97. The average molecular weight is 279 g/mol. The molecule has 20 heavy (non-hydrogen) atoms. The van der Waals surface area contributed by atoms with Crippen molar-refractivity contribution in [1.29, 1.82) is 0 Å². The molecule has 0 aliphatic heterocycles. The highest BCUT2D eigenvalue weighted by Gasteiger charge is 2.28. The molecule has 0 radical (unpaired) electrons. The first-order valence-corrected chi connectivity index (χ1v) is 5.88. The number of hydrogen-bond acceptors (Lipinski definition) is 5. The number of rotatable bonds is 3. The van der Waals surface area contributed by atoms with Crippen LogP contribution in [-0.2, 0) is 5.54 Å². The quantitative estimate of drug-likeness (QED) is 0.896. The van der Waals surface area contributed by atoms with E-state index >= 15 is 0 Å². The van der Waals surface area contributed by atoms with Crippen LogP contribution in [0.3, 0.4) is 0 Å². The molecule has 0 fully saturated rings. The number of aromatic nitrogens is 3. The maximum absolute atomic E-state index is 12.7. The minimum atomic E-state index is -0.818. The normalized spacial score (nSPS) is 11.2. The van der Waals surface area contributed by atoms with E-state index in [4.69, 9.17) is 4.52 Å². The predicted molar refractivity (Wildman–Crippen MR) is 68.4 cm³/mol. The van der Waals surface area contributed by atoms with Crippen LogP contribution in [0.15, 0.2) is 22.9 Å². The molecule has 8 heteroatoms. The lowest BCUT2D eigenvalue weighted by Crippen LogP contribution is -2.44. The lowest BCUT2D eigenvalue weighted by atomic mass is 10.1. The number of pyridine rings is 1. The summed E-state index contributed by atoms with van der Waals surface area (Å²) in [5.74, 6) is 0.537. The van der Waals surface area contributed by atoms with E-state index in [0.717, 1.165) is 6.20 Å². The first kappa shape index (κ1) is 13.9. The Morgan fingerprint density at radius 2 is 2.15 bits per heavy atom. The van der Waals surface area contributed by atoms with Crippen LogP contribution in [0.1, 0.15) is 25.6 Å². The highest BCUT2D eigenvalue weighted by atomic mass is 19.1. The van der Waals surface area contributed by atoms with Gasteiger partial charge < -0.3 is 9.84 Å². The molecule has 2 amide bonds. The van der Waals surface area contributed by atoms with Crippen molar-refractivity contribution in [2.75, 3.05) is 5.32 Å². The molecule has 106 valence electrons. The molecule has 0 aromatic carbocycles. The van der Waals surface area contributed by atoms with Gasteiger partial charge in [0.2, 0.25) is 5.89 Å². The SMILES string of the molecule is Cc1nc(C(C)(C)NC(=O)Nc2ccc(F)cn2)no1. The van der Waals surface area contributed by atoms with Crippen molar-refractivity contribution in [3.05, 3.63) is 35.9 Å². The maximum Gasteiger partial charge on any atom is 0.321 e. The molecule has 0 aliphatic rings. The maximum atomic E-state index is 12.7. The summed E-state index contributed by atoms with van der Waals surface area (Å²) in [6.45, 7) is 5.12. The number of carbonyl (C=O) groups is 1. The Bertz CT molecular complexity index is 609. The second-order valence-corrected chi connectivity index (χ2v) is 4.70. The van der Waals surface area contributed by atoms with Crippen LogP contribution in [0.25, 0.3) is 0 Å².